The first-order valence-electron chi connectivity index (χ1n) is 5.42. The minimum atomic E-state index is -0.754. The molecule has 0 aliphatic carbocycles. The van der Waals surface area contributed by atoms with E-state index in [1.807, 2.05) is 0 Å². The van der Waals surface area contributed by atoms with Crippen molar-refractivity contribution in [1.82, 2.24) is 19.1 Å². The lowest BCUT2D eigenvalue weighted by molar-refractivity contribution is 0.581. The molecular formula is C12H8F2N4O. The zero-order valence-corrected chi connectivity index (χ0v) is 9.84. The van der Waals surface area contributed by atoms with Crippen LogP contribution >= 0.6 is 0 Å². The summed E-state index contributed by atoms with van der Waals surface area (Å²) in [7, 11) is 1.53. The second-order valence-electron chi connectivity index (χ2n) is 4.04. The number of aryl methyl sites for hydroxylation is 1. The summed E-state index contributed by atoms with van der Waals surface area (Å²) in [6, 6.07) is 2.91. The fourth-order valence-corrected chi connectivity index (χ4v) is 1.99. The van der Waals surface area contributed by atoms with Gasteiger partial charge in [0.05, 0.1) is 11.9 Å². The summed E-state index contributed by atoms with van der Waals surface area (Å²) in [5.41, 5.74) is 0.438. The summed E-state index contributed by atoms with van der Waals surface area (Å²) in [6.07, 6.45) is 2.73. The van der Waals surface area contributed by atoms with Crippen LogP contribution in [-0.2, 0) is 7.05 Å². The van der Waals surface area contributed by atoms with E-state index in [4.69, 9.17) is 0 Å². The van der Waals surface area contributed by atoms with E-state index in [0.717, 1.165) is 18.2 Å². The van der Waals surface area contributed by atoms with E-state index < -0.39 is 17.3 Å². The smallest absolute Gasteiger partial charge is 0.279 e. The Morgan fingerprint density at radius 2 is 1.84 bits per heavy atom. The minimum Gasteiger partial charge on any atom is -0.279 e. The van der Waals surface area contributed by atoms with Crippen molar-refractivity contribution in [3.8, 4) is 5.69 Å². The van der Waals surface area contributed by atoms with Crippen LogP contribution in [0.2, 0.25) is 0 Å². The van der Waals surface area contributed by atoms with Crippen molar-refractivity contribution in [1.29, 1.82) is 0 Å². The lowest BCUT2D eigenvalue weighted by Gasteiger charge is -2.03. The van der Waals surface area contributed by atoms with Gasteiger partial charge in [0.2, 0.25) is 0 Å². The first kappa shape index (κ1) is 11.5. The van der Waals surface area contributed by atoms with Crippen LogP contribution in [-0.4, -0.2) is 19.1 Å². The molecule has 0 radical (unpaired) electrons. The van der Waals surface area contributed by atoms with E-state index in [0.29, 0.717) is 11.2 Å². The van der Waals surface area contributed by atoms with E-state index in [1.54, 1.807) is 0 Å². The van der Waals surface area contributed by atoms with Crippen LogP contribution in [0.5, 0.6) is 0 Å². The van der Waals surface area contributed by atoms with Crippen molar-refractivity contribution < 1.29 is 8.78 Å². The van der Waals surface area contributed by atoms with Crippen LogP contribution in [0.25, 0.3) is 16.9 Å². The number of rotatable bonds is 1. The Bertz CT molecular complexity index is 817. The van der Waals surface area contributed by atoms with Crippen LogP contribution in [0.15, 0.2) is 35.5 Å². The Hall–Kier alpha value is -2.57. The van der Waals surface area contributed by atoms with Gasteiger partial charge in [0.1, 0.15) is 23.5 Å². The van der Waals surface area contributed by atoms with Gasteiger partial charge in [-0.05, 0) is 12.1 Å². The molecule has 0 unspecified atom stereocenters. The Morgan fingerprint density at radius 1 is 1.16 bits per heavy atom. The van der Waals surface area contributed by atoms with Gasteiger partial charge in [0.25, 0.3) is 0 Å². The molecule has 1 aromatic carbocycles. The van der Waals surface area contributed by atoms with E-state index >= 15 is 0 Å². The zero-order valence-electron chi connectivity index (χ0n) is 9.84. The van der Waals surface area contributed by atoms with Gasteiger partial charge in [-0.15, -0.1) is 0 Å². The summed E-state index contributed by atoms with van der Waals surface area (Å²) in [4.78, 5) is 19.9. The number of benzene rings is 1. The molecule has 96 valence electrons. The molecule has 5 nitrogen and oxygen atoms in total. The molecular weight excluding hydrogens is 254 g/mol. The monoisotopic (exact) mass is 262 g/mol. The Labute approximate surface area is 105 Å². The largest absolute Gasteiger partial charge is 0.334 e. The standard InChI is InChI=1S/C12H8F2N4O/c1-17-11-10(5-15-6-16-11)18(12(17)19)9-3-7(13)2-8(14)4-9/h2-6H,1H3. The molecule has 0 bridgehead atoms. The number of nitrogens with zero attached hydrogens (tertiary/aromatic N) is 4. The van der Waals surface area contributed by atoms with Crippen molar-refractivity contribution in [2.75, 3.05) is 0 Å². The molecule has 0 aliphatic heterocycles. The SMILES string of the molecule is Cn1c(=O)n(-c2cc(F)cc(F)c2)c2cncnc21. The molecule has 2 aromatic heterocycles. The normalized spacial score (nSPS) is 11.1. The molecule has 0 amide bonds. The Balaban J connectivity index is 2.43. The molecule has 0 spiro atoms. The summed E-state index contributed by atoms with van der Waals surface area (Å²) in [5, 5.41) is 0. The maximum atomic E-state index is 13.3. The molecule has 0 saturated heterocycles. The molecule has 0 fully saturated rings. The summed E-state index contributed by atoms with van der Waals surface area (Å²) in [5.74, 6) is -1.51. The molecule has 3 aromatic rings. The number of fused-ring (bicyclic) bond motifs is 1. The average molecular weight is 262 g/mol. The maximum absolute atomic E-state index is 13.3. The quantitative estimate of drug-likeness (QED) is 0.666. The van der Waals surface area contributed by atoms with Crippen molar-refractivity contribution in [3.63, 3.8) is 0 Å². The number of imidazole rings is 1. The predicted molar refractivity (Wildman–Crippen MR) is 64.0 cm³/mol. The minimum absolute atomic E-state index is 0.0999. The van der Waals surface area contributed by atoms with Gasteiger partial charge >= 0.3 is 5.69 Å². The number of halogens is 2. The topological polar surface area (TPSA) is 52.7 Å². The first-order chi connectivity index (χ1) is 9.08. The zero-order chi connectivity index (χ0) is 13.6. The van der Waals surface area contributed by atoms with Gasteiger partial charge < -0.3 is 0 Å². The van der Waals surface area contributed by atoms with Gasteiger partial charge in [0, 0.05) is 13.1 Å². The maximum Gasteiger partial charge on any atom is 0.334 e. The van der Waals surface area contributed by atoms with E-state index in [2.05, 4.69) is 9.97 Å². The highest BCUT2D eigenvalue weighted by atomic mass is 19.1. The fraction of sp³-hybridized carbons (Fsp3) is 0.0833. The Morgan fingerprint density at radius 3 is 2.53 bits per heavy atom. The Kier molecular flexibility index (Phi) is 2.41. The lowest BCUT2D eigenvalue weighted by Crippen LogP contribution is -2.21. The van der Waals surface area contributed by atoms with Crippen molar-refractivity contribution in [2.45, 2.75) is 0 Å². The number of aromatic nitrogens is 4. The van der Waals surface area contributed by atoms with Crippen molar-refractivity contribution in [2.24, 2.45) is 7.05 Å². The molecule has 0 saturated carbocycles. The lowest BCUT2D eigenvalue weighted by atomic mass is 10.3. The van der Waals surface area contributed by atoms with Crippen LogP contribution in [0, 0.1) is 11.6 Å². The highest BCUT2D eigenvalue weighted by molar-refractivity contribution is 5.72. The third-order valence-electron chi connectivity index (χ3n) is 2.81. The van der Waals surface area contributed by atoms with Crippen LogP contribution in [0.4, 0.5) is 8.78 Å². The third-order valence-corrected chi connectivity index (χ3v) is 2.81. The second kappa shape index (κ2) is 3.98. The predicted octanol–water partition coefficient (Wildman–Crippen LogP) is 1.40. The van der Waals surface area contributed by atoms with E-state index in [1.165, 1.54) is 28.7 Å². The molecule has 3 rings (SSSR count). The average Bonchev–Trinajstić information content (AvgIpc) is 2.61. The van der Waals surface area contributed by atoms with Crippen LogP contribution in [0.3, 0.4) is 0 Å². The molecule has 0 aliphatic rings. The number of hydrogen-bond acceptors (Lipinski definition) is 3. The number of hydrogen-bond donors (Lipinski definition) is 0. The first-order valence-corrected chi connectivity index (χ1v) is 5.42. The molecule has 2 heterocycles. The van der Waals surface area contributed by atoms with E-state index in [9.17, 15) is 13.6 Å². The molecule has 0 N–H and O–H groups in total. The molecule has 19 heavy (non-hydrogen) atoms. The molecule has 0 atom stereocenters. The van der Waals surface area contributed by atoms with Crippen LogP contribution in [0.1, 0.15) is 0 Å². The van der Waals surface area contributed by atoms with Gasteiger partial charge in [-0.25, -0.2) is 23.5 Å². The van der Waals surface area contributed by atoms with Crippen molar-refractivity contribution in [3.05, 3.63) is 52.8 Å². The molecule has 7 heteroatoms. The van der Waals surface area contributed by atoms with E-state index in [-0.39, 0.29) is 5.69 Å². The van der Waals surface area contributed by atoms with Crippen molar-refractivity contribution >= 4 is 11.2 Å². The van der Waals surface area contributed by atoms with Gasteiger partial charge in [0.15, 0.2) is 5.65 Å². The van der Waals surface area contributed by atoms with Crippen LogP contribution < -0.4 is 5.69 Å². The highest BCUT2D eigenvalue weighted by Gasteiger charge is 2.14. The fourth-order valence-electron chi connectivity index (χ4n) is 1.99. The summed E-state index contributed by atoms with van der Waals surface area (Å²) < 4.78 is 29.0. The second-order valence-corrected chi connectivity index (χ2v) is 4.04. The van der Waals surface area contributed by atoms with Gasteiger partial charge in [-0.1, -0.05) is 0 Å². The third kappa shape index (κ3) is 1.70. The summed E-state index contributed by atoms with van der Waals surface area (Å²) >= 11 is 0. The highest BCUT2D eigenvalue weighted by Crippen LogP contribution is 2.16. The van der Waals surface area contributed by atoms with Gasteiger partial charge in [-0.2, -0.15) is 0 Å². The summed E-state index contributed by atoms with van der Waals surface area (Å²) in [6.45, 7) is 0. The van der Waals surface area contributed by atoms with Gasteiger partial charge in [-0.3, -0.25) is 9.13 Å².